The number of hydrogen-bond donors (Lipinski definition) is 5. The van der Waals surface area contributed by atoms with Gasteiger partial charge >= 0.3 is 0 Å². The van der Waals surface area contributed by atoms with Crippen LogP contribution in [0.3, 0.4) is 0 Å². The van der Waals surface area contributed by atoms with Crippen molar-refractivity contribution in [1.82, 2.24) is 54.8 Å². The second-order valence-corrected chi connectivity index (χ2v) is 27.0. The van der Waals surface area contributed by atoms with E-state index in [0.29, 0.717) is 0 Å². The summed E-state index contributed by atoms with van der Waals surface area (Å²) in [4.78, 5) is 43.1. The molecule has 0 atom stereocenters. The zero-order valence-electron chi connectivity index (χ0n) is 59.8. The summed E-state index contributed by atoms with van der Waals surface area (Å²) < 4.78 is 32.1. The van der Waals surface area contributed by atoms with Crippen molar-refractivity contribution >= 4 is 66.5 Å². The predicted octanol–water partition coefficient (Wildman–Crippen LogP) is 24.9. The molecule has 0 radical (unpaired) electrons. The van der Waals surface area contributed by atoms with E-state index in [4.69, 9.17) is 26.8 Å². The number of aromatic nitrogens is 11. The number of pyridine rings is 5. The first kappa shape index (κ1) is 68.5. The van der Waals surface area contributed by atoms with Crippen molar-refractivity contribution in [2.75, 3.05) is 0 Å². The van der Waals surface area contributed by atoms with E-state index in [9.17, 15) is 0 Å². The molecule has 5 N–H and O–H groups in total. The van der Waals surface area contributed by atoms with Gasteiger partial charge in [-0.25, -0.2) is 29.9 Å². The fourth-order valence-electron chi connectivity index (χ4n) is 13.6. The number of thiazole rings is 1. The molecule has 0 fully saturated rings. The standard InChI is InChI=1S/C23H16N2O2.C19H16N2O.2C18H14N2O.C14H9N3OS/c1-2-6-18(7-3-1)27-22-9-5-4-8-19(22)17-12-20-21(16-10-11-26-15-16)14-25-23(20)24-13-17;1-2-13-5-3-4-6-16(13)15-9-17-18(14-7-8-22-12-14)11-21-19(17)20-10-15;1-12-3-2-4-13(7-12)15-8-16-17(14-5-6-21-11-14)10-20-18(16)19-9-15;1-12-4-2-3-5-15(12)14-8-16-17(13-6-7-21-11-13)10-20-18(16)19-9-14;1-3-18-8-9(1)12-7-17-13-11(12)5-10(6-16-13)14-15-2-4-19-14/h1-15H,(H,24,25);3-12H,2H2,1H3,(H,20,21);2*2-11H,1H3,(H,19,20);1-8H,(H,16,17). The van der Waals surface area contributed by atoms with Crippen LogP contribution in [-0.4, -0.2) is 54.8 Å². The van der Waals surface area contributed by atoms with Crippen LogP contribution in [0.5, 0.6) is 11.5 Å². The van der Waals surface area contributed by atoms with Crippen molar-refractivity contribution in [3.63, 3.8) is 0 Å². The zero-order chi connectivity index (χ0) is 74.1. The van der Waals surface area contributed by atoms with Gasteiger partial charge in [-0.1, -0.05) is 122 Å². The van der Waals surface area contributed by atoms with Gasteiger partial charge in [-0.2, -0.15) is 0 Å². The number of para-hydroxylation sites is 2. The molecule has 16 aromatic heterocycles. The summed E-state index contributed by atoms with van der Waals surface area (Å²) in [6, 6.07) is 63.7. The molecule has 0 bridgehead atoms. The maximum absolute atomic E-state index is 6.11. The van der Waals surface area contributed by atoms with E-state index >= 15 is 0 Å². The Labute approximate surface area is 634 Å². The lowest BCUT2D eigenvalue weighted by atomic mass is 9.98. The summed E-state index contributed by atoms with van der Waals surface area (Å²) in [5.74, 6) is 1.60. The largest absolute Gasteiger partial charge is 0.472 e. The number of nitrogens with one attached hydrogen (secondary N) is 5. The molecule has 0 spiro atoms. The Bertz CT molecular complexity index is 6590. The van der Waals surface area contributed by atoms with E-state index < -0.39 is 0 Å². The van der Waals surface area contributed by atoms with Crippen LogP contribution in [0, 0.1) is 13.8 Å². The van der Waals surface area contributed by atoms with Crippen molar-refractivity contribution < 1.29 is 26.8 Å². The summed E-state index contributed by atoms with van der Waals surface area (Å²) in [5, 5.41) is 8.40. The van der Waals surface area contributed by atoms with Gasteiger partial charge in [0.15, 0.2) is 0 Å². The van der Waals surface area contributed by atoms with Crippen LogP contribution in [0.15, 0.2) is 346 Å². The van der Waals surface area contributed by atoms with Crippen molar-refractivity contribution in [3.8, 4) is 122 Å². The van der Waals surface area contributed by atoms with E-state index in [2.05, 4.69) is 179 Å². The second kappa shape index (κ2) is 31.2. The maximum atomic E-state index is 6.11. The maximum Gasteiger partial charge on any atom is 0.137 e. The second-order valence-electron chi connectivity index (χ2n) is 26.1. The number of aromatic amines is 5. The zero-order valence-corrected chi connectivity index (χ0v) is 60.7. The Morgan fingerprint density at radius 1 is 0.327 bits per heavy atom. The number of hydrogen-bond acceptors (Lipinski definition) is 13. The SMILES string of the molecule is CCc1ccccc1-c1cnc2[nH]cc(-c3ccoc3)c2c1.Cc1cccc(-c2cnc3[nH]cc(-c4ccoc4)c3c2)c1.Cc1ccccc1-c1cnc2[nH]cc(-c3ccoc3)c2c1.c1ccc(Oc2ccccc2-c2cnc3[nH]cc(-c4ccoc4)c3c2)cc1.c1csc(-c2cnc3[nH]cc(-c4ccoc4)c3c2)n1. The smallest absolute Gasteiger partial charge is 0.137 e. The number of benzene rings is 5. The van der Waals surface area contributed by atoms with Crippen LogP contribution in [-0.2, 0) is 6.42 Å². The van der Waals surface area contributed by atoms with Crippen LogP contribution >= 0.6 is 11.3 Å². The summed E-state index contributed by atoms with van der Waals surface area (Å²) >= 11 is 1.61. The highest BCUT2D eigenvalue weighted by atomic mass is 32.1. The van der Waals surface area contributed by atoms with Crippen LogP contribution in [0.2, 0.25) is 0 Å². The molecule has 0 saturated heterocycles. The third kappa shape index (κ3) is 14.5. The number of H-pyrrole nitrogens is 5. The van der Waals surface area contributed by atoms with E-state index in [1.54, 1.807) is 80.2 Å². The fraction of sp³-hybridized carbons (Fsp3) is 0.0435. The summed E-state index contributed by atoms with van der Waals surface area (Å²) in [7, 11) is 0. The molecular weight excluding hydrogens is 1390 g/mol. The molecule has 21 rings (SSSR count). The van der Waals surface area contributed by atoms with E-state index in [0.717, 1.165) is 167 Å². The van der Waals surface area contributed by atoms with Crippen LogP contribution < -0.4 is 4.74 Å². The first-order valence-electron chi connectivity index (χ1n) is 35.7. The monoisotopic (exact) mass is 1460 g/mol. The molecule has 534 valence electrons. The molecule has 16 heterocycles. The van der Waals surface area contributed by atoms with Crippen molar-refractivity contribution in [2.24, 2.45) is 0 Å². The highest BCUT2D eigenvalue weighted by molar-refractivity contribution is 7.13. The minimum atomic E-state index is 0.797. The normalized spacial score (nSPS) is 11.1. The Morgan fingerprint density at radius 3 is 1.15 bits per heavy atom. The summed E-state index contributed by atoms with van der Waals surface area (Å²) in [5.41, 5.74) is 29.1. The molecule has 110 heavy (non-hydrogen) atoms. The average molecular weight is 1460 g/mol. The lowest BCUT2D eigenvalue weighted by molar-refractivity contribution is 0.484. The van der Waals surface area contributed by atoms with Crippen LogP contribution in [0.25, 0.3) is 166 Å². The number of nitrogens with zero attached hydrogens (tertiary/aromatic N) is 6. The molecule has 0 aliphatic carbocycles. The van der Waals surface area contributed by atoms with Gasteiger partial charge in [-0.05, 0) is 127 Å². The van der Waals surface area contributed by atoms with Gasteiger partial charge in [-0.15, -0.1) is 11.3 Å². The Kier molecular flexibility index (Phi) is 19.4. The molecule has 0 aliphatic rings. The van der Waals surface area contributed by atoms with Crippen LogP contribution in [0.4, 0.5) is 0 Å². The Balaban J connectivity index is 0.000000101. The number of rotatable bonds is 13. The minimum Gasteiger partial charge on any atom is -0.472 e. The Hall–Kier alpha value is -14.6. The minimum absolute atomic E-state index is 0.797. The molecule has 0 unspecified atom stereocenters. The number of furan rings is 5. The van der Waals surface area contributed by atoms with Crippen molar-refractivity contribution in [1.29, 1.82) is 0 Å². The third-order valence-corrected chi connectivity index (χ3v) is 20.0. The first-order chi connectivity index (χ1) is 54.3. The lowest BCUT2D eigenvalue weighted by Crippen LogP contribution is -1.89. The number of fused-ring (bicyclic) bond motifs is 5. The molecular formula is C92H69N11O6S. The average Bonchev–Trinajstić information content (AvgIpc) is 1.64. The van der Waals surface area contributed by atoms with E-state index in [1.807, 2.05) is 152 Å². The quantitative estimate of drug-likeness (QED) is 0.0726. The van der Waals surface area contributed by atoms with E-state index in [1.165, 1.54) is 33.4 Å². The van der Waals surface area contributed by atoms with Crippen molar-refractivity contribution in [3.05, 3.63) is 341 Å². The molecule has 0 aliphatic heterocycles. The third-order valence-electron chi connectivity index (χ3n) is 19.2. The molecule has 0 amide bonds. The number of ether oxygens (including phenoxy) is 1. The van der Waals surface area contributed by atoms with Crippen molar-refractivity contribution in [2.45, 2.75) is 27.2 Å². The first-order valence-corrected chi connectivity index (χ1v) is 36.6. The topological polar surface area (TPSA) is 231 Å². The molecule has 5 aromatic carbocycles. The van der Waals surface area contributed by atoms with Gasteiger partial charge < -0.3 is 51.7 Å². The highest BCUT2D eigenvalue weighted by Crippen LogP contribution is 2.40. The van der Waals surface area contributed by atoms with Crippen LogP contribution in [0.1, 0.15) is 23.6 Å². The highest BCUT2D eigenvalue weighted by Gasteiger charge is 2.18. The Morgan fingerprint density at radius 2 is 0.718 bits per heavy atom. The summed E-state index contributed by atoms with van der Waals surface area (Å²) in [6.45, 7) is 6.40. The molecule has 21 aromatic rings. The van der Waals surface area contributed by atoms with Gasteiger partial charge in [0, 0.05) is 189 Å². The van der Waals surface area contributed by atoms with Gasteiger partial charge in [0.1, 0.15) is 44.7 Å². The van der Waals surface area contributed by atoms with Gasteiger partial charge in [0.25, 0.3) is 0 Å². The van der Waals surface area contributed by atoms with Gasteiger partial charge in [0.2, 0.25) is 0 Å². The fourth-order valence-corrected chi connectivity index (χ4v) is 14.2. The van der Waals surface area contributed by atoms with Gasteiger partial charge in [-0.3, -0.25) is 0 Å². The predicted molar refractivity (Wildman–Crippen MR) is 437 cm³/mol. The van der Waals surface area contributed by atoms with Gasteiger partial charge in [0.05, 0.1) is 62.6 Å². The molecule has 18 heteroatoms. The molecule has 17 nitrogen and oxygen atoms in total. The number of aryl methyl sites for hydroxylation is 3. The lowest BCUT2D eigenvalue weighted by Gasteiger charge is -2.11. The van der Waals surface area contributed by atoms with E-state index in [-0.39, 0.29) is 0 Å². The summed E-state index contributed by atoms with van der Waals surface area (Å²) in [6.07, 6.45) is 39.3. The molecule has 0 saturated carbocycles.